The van der Waals surface area contributed by atoms with Gasteiger partial charge in [-0.25, -0.2) is 9.07 Å². The SMILES string of the molecule is COc1ccc(-n2nc(-c3ccccc3)c3c2N(CC(=O)N2CCOCC2)C(=O)CS[C@@H]3c2ccc(F)cc2)cc1. The fourth-order valence-corrected chi connectivity index (χ4v) is 6.38. The lowest BCUT2D eigenvalue weighted by molar-refractivity contribution is -0.134. The second kappa shape index (κ2) is 11.8. The highest BCUT2D eigenvalue weighted by Gasteiger charge is 2.38. The van der Waals surface area contributed by atoms with Gasteiger partial charge in [0, 0.05) is 24.2 Å². The van der Waals surface area contributed by atoms with E-state index in [2.05, 4.69) is 0 Å². The first-order chi connectivity index (χ1) is 20.0. The number of hydrogen-bond acceptors (Lipinski definition) is 6. The minimum atomic E-state index is -0.335. The van der Waals surface area contributed by atoms with E-state index in [1.54, 1.807) is 33.7 Å². The number of hydrogen-bond donors (Lipinski definition) is 0. The summed E-state index contributed by atoms with van der Waals surface area (Å²) in [4.78, 5) is 30.7. The highest BCUT2D eigenvalue weighted by atomic mass is 32.2. The average molecular weight is 573 g/mol. The zero-order chi connectivity index (χ0) is 28.3. The molecule has 4 aromatic rings. The lowest BCUT2D eigenvalue weighted by Crippen LogP contribution is -2.48. The molecule has 10 heteroatoms. The summed E-state index contributed by atoms with van der Waals surface area (Å²) in [5.74, 6) is 0.673. The van der Waals surface area contributed by atoms with Crippen molar-refractivity contribution in [2.75, 3.05) is 50.6 Å². The van der Waals surface area contributed by atoms with Crippen LogP contribution in [0.15, 0.2) is 78.9 Å². The van der Waals surface area contributed by atoms with Crippen molar-refractivity contribution in [3.05, 3.63) is 95.8 Å². The molecule has 2 aliphatic heterocycles. The second-order valence-electron chi connectivity index (χ2n) is 9.78. The molecule has 1 fully saturated rings. The first-order valence-corrected chi connectivity index (χ1v) is 14.4. The molecule has 6 rings (SSSR count). The highest BCUT2D eigenvalue weighted by Crippen LogP contribution is 2.48. The zero-order valence-electron chi connectivity index (χ0n) is 22.5. The van der Waals surface area contributed by atoms with Crippen molar-refractivity contribution in [1.82, 2.24) is 14.7 Å². The van der Waals surface area contributed by atoms with Crippen LogP contribution in [-0.2, 0) is 14.3 Å². The van der Waals surface area contributed by atoms with Gasteiger partial charge < -0.3 is 14.4 Å². The van der Waals surface area contributed by atoms with Crippen LogP contribution in [0.2, 0.25) is 0 Å². The summed E-state index contributed by atoms with van der Waals surface area (Å²) in [6.07, 6.45) is 0. The molecule has 1 saturated heterocycles. The van der Waals surface area contributed by atoms with Gasteiger partial charge in [0.2, 0.25) is 11.8 Å². The quantitative estimate of drug-likeness (QED) is 0.333. The van der Waals surface area contributed by atoms with Gasteiger partial charge in [-0.1, -0.05) is 42.5 Å². The molecule has 0 saturated carbocycles. The van der Waals surface area contributed by atoms with Crippen molar-refractivity contribution in [2.45, 2.75) is 5.25 Å². The fraction of sp³-hybridized carbons (Fsp3) is 0.258. The Bertz CT molecular complexity index is 1540. The largest absolute Gasteiger partial charge is 0.497 e. The molecule has 0 N–H and O–H groups in total. The Labute approximate surface area is 241 Å². The minimum Gasteiger partial charge on any atom is -0.497 e. The summed E-state index contributed by atoms with van der Waals surface area (Å²) >= 11 is 1.45. The number of carbonyl (C=O) groups is 2. The number of rotatable bonds is 6. The number of carbonyl (C=O) groups excluding carboxylic acids is 2. The molecule has 0 bridgehead atoms. The summed E-state index contributed by atoms with van der Waals surface area (Å²) < 4.78 is 26.5. The van der Waals surface area contributed by atoms with Gasteiger partial charge in [0.05, 0.1) is 42.7 Å². The van der Waals surface area contributed by atoms with Gasteiger partial charge in [0.15, 0.2) is 0 Å². The lowest BCUT2D eigenvalue weighted by Gasteiger charge is -2.30. The molecule has 1 aromatic heterocycles. The van der Waals surface area contributed by atoms with Crippen LogP contribution < -0.4 is 9.64 Å². The number of benzene rings is 3. The average Bonchev–Trinajstić information content (AvgIpc) is 3.35. The first-order valence-electron chi connectivity index (χ1n) is 13.4. The molecule has 2 aliphatic rings. The number of amides is 2. The van der Waals surface area contributed by atoms with Gasteiger partial charge in [-0.05, 0) is 42.0 Å². The summed E-state index contributed by atoms with van der Waals surface area (Å²) in [6.45, 7) is 1.77. The van der Waals surface area contributed by atoms with Crippen LogP contribution in [-0.4, -0.2) is 72.2 Å². The number of thioether (sulfide) groups is 1. The van der Waals surface area contributed by atoms with Crippen molar-refractivity contribution < 1.29 is 23.5 Å². The third-order valence-corrected chi connectivity index (χ3v) is 8.54. The Hall–Kier alpha value is -4.15. The normalized spacial score (nSPS) is 17.2. The monoisotopic (exact) mass is 572 g/mol. The second-order valence-corrected chi connectivity index (χ2v) is 10.9. The summed E-state index contributed by atoms with van der Waals surface area (Å²) in [5, 5.41) is 4.74. The number of methoxy groups -OCH3 is 1. The van der Waals surface area contributed by atoms with Crippen molar-refractivity contribution in [3.63, 3.8) is 0 Å². The number of fused-ring (bicyclic) bond motifs is 1. The third kappa shape index (κ3) is 5.45. The standard InChI is InChI=1S/C31H29FN4O4S/c1-39-25-13-11-24(12-14-25)36-31-28(29(33-36)21-5-3-2-4-6-21)30(22-7-9-23(32)10-8-22)41-20-27(38)35(31)19-26(37)34-15-17-40-18-16-34/h2-14,30H,15-20H2,1H3/t30-/m1/s1. The Balaban J connectivity index is 1.57. The first kappa shape index (κ1) is 27.0. The molecule has 3 aromatic carbocycles. The van der Waals surface area contributed by atoms with Crippen LogP contribution in [0.1, 0.15) is 16.4 Å². The Morgan fingerprint density at radius 3 is 2.41 bits per heavy atom. The van der Waals surface area contributed by atoms with E-state index in [-0.39, 0.29) is 35.2 Å². The number of nitrogens with zero attached hydrogens (tertiary/aromatic N) is 4. The number of halogens is 1. The molecule has 0 spiro atoms. The summed E-state index contributed by atoms with van der Waals surface area (Å²) in [7, 11) is 1.60. The Morgan fingerprint density at radius 1 is 1.02 bits per heavy atom. The third-order valence-electron chi connectivity index (χ3n) is 7.28. The smallest absolute Gasteiger partial charge is 0.242 e. The van der Waals surface area contributed by atoms with Crippen LogP contribution in [0.5, 0.6) is 5.75 Å². The molecular weight excluding hydrogens is 543 g/mol. The van der Waals surface area contributed by atoms with Crippen LogP contribution in [0.3, 0.4) is 0 Å². The zero-order valence-corrected chi connectivity index (χ0v) is 23.4. The van der Waals surface area contributed by atoms with E-state index in [1.165, 1.54) is 23.9 Å². The molecule has 1 atom stereocenters. The van der Waals surface area contributed by atoms with Gasteiger partial charge >= 0.3 is 0 Å². The van der Waals surface area contributed by atoms with E-state index < -0.39 is 0 Å². The number of ether oxygens (including phenoxy) is 2. The molecule has 0 unspecified atom stereocenters. The highest BCUT2D eigenvalue weighted by molar-refractivity contribution is 8.00. The maximum atomic E-state index is 14.0. The predicted molar refractivity (Wildman–Crippen MR) is 156 cm³/mol. The molecule has 8 nitrogen and oxygen atoms in total. The van der Waals surface area contributed by atoms with Crippen molar-refractivity contribution in [1.29, 1.82) is 0 Å². The number of morpholine rings is 1. The maximum absolute atomic E-state index is 14.0. The van der Waals surface area contributed by atoms with Gasteiger partial charge in [-0.2, -0.15) is 5.10 Å². The molecular formula is C31H29FN4O4S. The van der Waals surface area contributed by atoms with Crippen LogP contribution in [0, 0.1) is 5.82 Å². The maximum Gasteiger partial charge on any atom is 0.242 e. The molecule has 41 heavy (non-hydrogen) atoms. The molecule has 2 amide bonds. The topological polar surface area (TPSA) is 76.9 Å². The van der Waals surface area contributed by atoms with E-state index >= 15 is 0 Å². The van der Waals surface area contributed by atoms with Crippen molar-refractivity contribution in [2.24, 2.45) is 0 Å². The van der Waals surface area contributed by atoms with E-state index in [9.17, 15) is 14.0 Å². The van der Waals surface area contributed by atoms with Gasteiger partial charge in [0.1, 0.15) is 23.9 Å². The van der Waals surface area contributed by atoms with Gasteiger partial charge in [-0.3, -0.25) is 14.5 Å². The number of anilines is 1. The number of aromatic nitrogens is 2. The van der Waals surface area contributed by atoms with Crippen LogP contribution >= 0.6 is 11.8 Å². The van der Waals surface area contributed by atoms with Crippen molar-refractivity contribution in [3.8, 4) is 22.7 Å². The summed E-state index contributed by atoms with van der Waals surface area (Å²) in [5.41, 5.74) is 3.92. The van der Waals surface area contributed by atoms with Crippen LogP contribution in [0.25, 0.3) is 16.9 Å². The minimum absolute atomic E-state index is 0.126. The van der Waals surface area contributed by atoms with Crippen LogP contribution in [0.4, 0.5) is 10.2 Å². The van der Waals surface area contributed by atoms with E-state index in [4.69, 9.17) is 14.6 Å². The Kier molecular flexibility index (Phi) is 7.76. The predicted octanol–water partition coefficient (Wildman–Crippen LogP) is 4.72. The van der Waals surface area contributed by atoms with Crippen molar-refractivity contribution >= 4 is 29.4 Å². The molecule has 0 radical (unpaired) electrons. The molecule has 0 aliphatic carbocycles. The summed E-state index contributed by atoms with van der Waals surface area (Å²) in [6, 6.07) is 23.5. The van der Waals surface area contributed by atoms with E-state index in [0.717, 1.165) is 16.7 Å². The lowest BCUT2D eigenvalue weighted by atomic mass is 9.99. The Morgan fingerprint density at radius 2 is 1.73 bits per heavy atom. The van der Waals surface area contributed by atoms with Gasteiger partial charge in [-0.15, -0.1) is 11.8 Å². The molecule has 3 heterocycles. The van der Waals surface area contributed by atoms with E-state index in [1.807, 2.05) is 54.6 Å². The van der Waals surface area contributed by atoms with E-state index in [0.29, 0.717) is 49.3 Å². The van der Waals surface area contributed by atoms with Gasteiger partial charge in [0.25, 0.3) is 0 Å². The molecule has 210 valence electrons. The fourth-order valence-electron chi connectivity index (χ4n) is 5.18.